The first-order valence-corrected chi connectivity index (χ1v) is 20.4. The molecule has 278 valence electrons. The fourth-order valence-corrected chi connectivity index (χ4v) is 8.44. The Morgan fingerprint density at radius 2 is 0.500 bits per heavy atom. The standard InChI is InChI=1S/C58H46/c1-42(50-35-53(46-24-12-4-13-25-46)38-54(36-50)47-26-14-5-15-27-47)58(57-40-55(48-28-16-6-17-29-48)39-56(41-57)49-30-18-7-19-31-49)34-43-32-51(44-20-8-2-9-21-44)37-52(33-43)45-22-10-3-11-23-45/h2-33,35-42,58H,34H2,1H3. The Hall–Kier alpha value is -7.02. The summed E-state index contributed by atoms with van der Waals surface area (Å²) in [6.07, 6.45) is 0.865. The largest absolute Gasteiger partial charge is 0.0622 e. The molecule has 0 saturated heterocycles. The van der Waals surface area contributed by atoms with Gasteiger partial charge in [0.15, 0.2) is 0 Å². The normalized spacial score (nSPS) is 12.2. The van der Waals surface area contributed by atoms with Crippen LogP contribution in [0.1, 0.15) is 35.4 Å². The predicted octanol–water partition coefficient (Wildman–Crippen LogP) is 15.8. The summed E-state index contributed by atoms with van der Waals surface area (Å²) in [5.74, 6) is 0.316. The zero-order chi connectivity index (χ0) is 39.1. The van der Waals surface area contributed by atoms with Gasteiger partial charge in [0.2, 0.25) is 0 Å². The highest BCUT2D eigenvalue weighted by atomic mass is 14.3. The number of hydrogen-bond donors (Lipinski definition) is 0. The van der Waals surface area contributed by atoms with E-state index in [0.717, 1.165) is 6.42 Å². The smallest absolute Gasteiger partial charge is 0.00548 e. The Morgan fingerprint density at radius 1 is 0.259 bits per heavy atom. The molecule has 0 saturated carbocycles. The van der Waals surface area contributed by atoms with Gasteiger partial charge in [0, 0.05) is 0 Å². The first-order chi connectivity index (χ1) is 28.6. The third-order valence-electron chi connectivity index (χ3n) is 11.6. The minimum atomic E-state index is 0.149. The molecule has 0 aliphatic carbocycles. The van der Waals surface area contributed by atoms with Crippen LogP contribution < -0.4 is 0 Å². The minimum Gasteiger partial charge on any atom is -0.0622 e. The molecular weight excluding hydrogens is 697 g/mol. The fraction of sp³-hybridized carbons (Fsp3) is 0.0690. The summed E-state index contributed by atoms with van der Waals surface area (Å²) in [4.78, 5) is 0. The van der Waals surface area contributed by atoms with Gasteiger partial charge < -0.3 is 0 Å². The van der Waals surface area contributed by atoms with Crippen LogP contribution in [0.15, 0.2) is 237 Å². The predicted molar refractivity (Wildman–Crippen MR) is 247 cm³/mol. The summed E-state index contributed by atoms with van der Waals surface area (Å²) in [6, 6.07) is 86.8. The lowest BCUT2D eigenvalue weighted by atomic mass is 9.76. The van der Waals surface area contributed by atoms with Crippen LogP contribution in [0.3, 0.4) is 0 Å². The molecule has 0 heterocycles. The van der Waals surface area contributed by atoms with Crippen molar-refractivity contribution in [1.29, 1.82) is 0 Å². The molecule has 9 rings (SSSR count). The van der Waals surface area contributed by atoms with Crippen LogP contribution in [0.25, 0.3) is 66.8 Å². The van der Waals surface area contributed by atoms with Crippen molar-refractivity contribution in [2.45, 2.75) is 25.2 Å². The average molecular weight is 743 g/mol. The molecule has 0 bridgehead atoms. The Labute approximate surface area is 343 Å². The quantitative estimate of drug-likeness (QED) is 0.124. The van der Waals surface area contributed by atoms with Crippen molar-refractivity contribution in [3.05, 3.63) is 253 Å². The molecule has 0 radical (unpaired) electrons. The molecule has 0 aliphatic rings. The lowest BCUT2D eigenvalue weighted by Crippen LogP contribution is -2.13. The van der Waals surface area contributed by atoms with Crippen LogP contribution >= 0.6 is 0 Å². The van der Waals surface area contributed by atoms with E-state index < -0.39 is 0 Å². The summed E-state index contributed by atoms with van der Waals surface area (Å²) in [5, 5.41) is 0. The number of benzene rings is 9. The summed E-state index contributed by atoms with van der Waals surface area (Å²) in [6.45, 7) is 2.44. The second-order valence-corrected chi connectivity index (χ2v) is 15.4. The summed E-state index contributed by atoms with van der Waals surface area (Å²) < 4.78 is 0. The van der Waals surface area contributed by atoms with Crippen molar-refractivity contribution < 1.29 is 0 Å². The molecule has 2 atom stereocenters. The lowest BCUT2D eigenvalue weighted by molar-refractivity contribution is 0.573. The van der Waals surface area contributed by atoms with Crippen molar-refractivity contribution in [3.8, 4) is 66.8 Å². The number of rotatable bonds is 11. The molecule has 0 heteroatoms. The Morgan fingerprint density at radius 3 is 0.776 bits per heavy atom. The monoisotopic (exact) mass is 742 g/mol. The van der Waals surface area contributed by atoms with Gasteiger partial charge in [-0.05, 0) is 120 Å². The molecule has 9 aromatic rings. The topological polar surface area (TPSA) is 0 Å². The van der Waals surface area contributed by atoms with Crippen LogP contribution in [0.5, 0.6) is 0 Å². The Balaban J connectivity index is 1.25. The molecule has 2 unspecified atom stereocenters. The van der Waals surface area contributed by atoms with Crippen molar-refractivity contribution >= 4 is 0 Å². The van der Waals surface area contributed by atoms with Gasteiger partial charge in [-0.3, -0.25) is 0 Å². The summed E-state index contributed by atoms with van der Waals surface area (Å²) in [5.41, 5.74) is 18.8. The van der Waals surface area contributed by atoms with Gasteiger partial charge >= 0.3 is 0 Å². The van der Waals surface area contributed by atoms with Crippen molar-refractivity contribution in [2.75, 3.05) is 0 Å². The molecule has 58 heavy (non-hydrogen) atoms. The van der Waals surface area contributed by atoms with Gasteiger partial charge in [0.1, 0.15) is 0 Å². The Kier molecular flexibility index (Phi) is 10.7. The second kappa shape index (κ2) is 17.0. The van der Waals surface area contributed by atoms with Gasteiger partial charge in [-0.2, -0.15) is 0 Å². The van der Waals surface area contributed by atoms with Gasteiger partial charge in [-0.25, -0.2) is 0 Å². The highest BCUT2D eigenvalue weighted by Crippen LogP contribution is 2.43. The first-order valence-electron chi connectivity index (χ1n) is 20.4. The lowest BCUT2D eigenvalue weighted by Gasteiger charge is -2.28. The summed E-state index contributed by atoms with van der Waals surface area (Å²) in [7, 11) is 0. The van der Waals surface area contributed by atoms with E-state index in [1.165, 1.54) is 83.5 Å². The average Bonchev–Trinajstić information content (AvgIpc) is 3.32. The molecule has 0 nitrogen and oxygen atoms in total. The van der Waals surface area contributed by atoms with E-state index in [-0.39, 0.29) is 11.8 Å². The van der Waals surface area contributed by atoms with Crippen molar-refractivity contribution in [1.82, 2.24) is 0 Å². The maximum Gasteiger partial charge on any atom is -0.00548 e. The third kappa shape index (κ3) is 8.24. The SMILES string of the molecule is CC(c1cc(-c2ccccc2)cc(-c2ccccc2)c1)C(Cc1cc(-c2ccccc2)cc(-c2ccccc2)c1)c1cc(-c2ccccc2)cc(-c2ccccc2)c1. The van der Waals surface area contributed by atoms with E-state index in [2.05, 4.69) is 244 Å². The van der Waals surface area contributed by atoms with E-state index in [0.29, 0.717) is 0 Å². The maximum atomic E-state index is 2.46. The zero-order valence-electron chi connectivity index (χ0n) is 32.9. The molecule has 9 aromatic carbocycles. The van der Waals surface area contributed by atoms with Gasteiger partial charge in [-0.15, -0.1) is 0 Å². The van der Waals surface area contributed by atoms with Crippen molar-refractivity contribution in [3.63, 3.8) is 0 Å². The highest BCUT2D eigenvalue weighted by Gasteiger charge is 2.25. The van der Waals surface area contributed by atoms with E-state index in [9.17, 15) is 0 Å². The number of hydrogen-bond acceptors (Lipinski definition) is 0. The zero-order valence-corrected chi connectivity index (χ0v) is 32.9. The first kappa shape index (κ1) is 36.6. The van der Waals surface area contributed by atoms with Crippen LogP contribution in [0.2, 0.25) is 0 Å². The van der Waals surface area contributed by atoms with Gasteiger partial charge in [-0.1, -0.05) is 225 Å². The van der Waals surface area contributed by atoms with E-state index in [1.807, 2.05) is 0 Å². The molecule has 0 spiro atoms. The Bertz CT molecular complexity index is 2550. The molecular formula is C58H46. The van der Waals surface area contributed by atoms with Gasteiger partial charge in [0.05, 0.1) is 0 Å². The van der Waals surface area contributed by atoms with Crippen LogP contribution in [0.4, 0.5) is 0 Å². The van der Waals surface area contributed by atoms with Crippen LogP contribution in [-0.2, 0) is 6.42 Å². The van der Waals surface area contributed by atoms with E-state index >= 15 is 0 Å². The van der Waals surface area contributed by atoms with Gasteiger partial charge in [0.25, 0.3) is 0 Å². The minimum absolute atomic E-state index is 0.149. The summed E-state index contributed by atoms with van der Waals surface area (Å²) >= 11 is 0. The molecule has 0 N–H and O–H groups in total. The highest BCUT2D eigenvalue weighted by molar-refractivity contribution is 5.77. The third-order valence-corrected chi connectivity index (χ3v) is 11.6. The van der Waals surface area contributed by atoms with Crippen molar-refractivity contribution in [2.24, 2.45) is 0 Å². The second-order valence-electron chi connectivity index (χ2n) is 15.4. The molecule has 0 aliphatic heterocycles. The van der Waals surface area contributed by atoms with Crippen LogP contribution in [0, 0.1) is 0 Å². The molecule has 0 fully saturated rings. The van der Waals surface area contributed by atoms with E-state index in [4.69, 9.17) is 0 Å². The molecule has 0 amide bonds. The fourth-order valence-electron chi connectivity index (χ4n) is 8.44. The van der Waals surface area contributed by atoms with Crippen LogP contribution in [-0.4, -0.2) is 0 Å². The maximum absolute atomic E-state index is 2.46. The van der Waals surface area contributed by atoms with E-state index in [1.54, 1.807) is 0 Å². The molecule has 0 aromatic heterocycles.